The van der Waals surface area contributed by atoms with E-state index >= 15 is 0 Å². The van der Waals surface area contributed by atoms with Gasteiger partial charge in [0.2, 0.25) is 0 Å². The summed E-state index contributed by atoms with van der Waals surface area (Å²) in [6.07, 6.45) is 0.815. The zero-order chi connectivity index (χ0) is 11.2. The van der Waals surface area contributed by atoms with Gasteiger partial charge in [0.25, 0.3) is 0 Å². The maximum Gasteiger partial charge on any atom is 0.0344 e. The molecule has 0 bridgehead atoms. The Hall–Kier alpha value is -2.00. The first-order valence-electron chi connectivity index (χ1n) is 5.44. The van der Waals surface area contributed by atoms with Gasteiger partial charge >= 0.3 is 0 Å². The zero-order valence-electron chi connectivity index (χ0n) is 9.40. The lowest BCUT2D eigenvalue weighted by Gasteiger charge is -1.95. The van der Waals surface area contributed by atoms with Gasteiger partial charge in [-0.1, -0.05) is 59.9 Å². The van der Waals surface area contributed by atoms with Crippen molar-refractivity contribution in [3.63, 3.8) is 0 Å². The minimum absolute atomic E-state index is 0.815. The van der Waals surface area contributed by atoms with E-state index in [1.54, 1.807) is 0 Å². The first-order chi connectivity index (χ1) is 7.84. The Kier molecular flexibility index (Phi) is 3.41. The molecule has 0 saturated carbocycles. The number of rotatable bonds is 1. The maximum atomic E-state index is 3.19. The molecule has 16 heavy (non-hydrogen) atoms. The Balaban J connectivity index is 2.03. The third kappa shape index (κ3) is 3.00. The first kappa shape index (κ1) is 10.5. The summed E-state index contributed by atoms with van der Waals surface area (Å²) < 4.78 is 0. The van der Waals surface area contributed by atoms with Gasteiger partial charge in [-0.3, -0.25) is 0 Å². The van der Waals surface area contributed by atoms with Crippen LogP contribution < -0.4 is 0 Å². The zero-order valence-corrected chi connectivity index (χ0v) is 9.40. The van der Waals surface area contributed by atoms with Crippen LogP contribution in [-0.2, 0) is 6.42 Å². The highest BCUT2D eigenvalue weighted by molar-refractivity contribution is 5.35. The Morgan fingerprint density at radius 3 is 2.25 bits per heavy atom. The van der Waals surface area contributed by atoms with Crippen LogP contribution in [-0.4, -0.2) is 0 Å². The monoisotopic (exact) mass is 206 g/mol. The van der Waals surface area contributed by atoms with Crippen LogP contribution in [0.3, 0.4) is 0 Å². The summed E-state index contributed by atoms with van der Waals surface area (Å²) >= 11 is 0. The number of hydrogen-bond acceptors (Lipinski definition) is 0. The van der Waals surface area contributed by atoms with Gasteiger partial charge in [0.05, 0.1) is 0 Å². The molecule has 0 radical (unpaired) electrons. The predicted octanol–water partition coefficient (Wildman–Crippen LogP) is 3.59. The van der Waals surface area contributed by atoms with Crippen molar-refractivity contribution in [3.8, 4) is 11.8 Å². The molecule has 0 unspecified atom stereocenters. The van der Waals surface area contributed by atoms with Crippen molar-refractivity contribution in [2.24, 2.45) is 0 Å². The van der Waals surface area contributed by atoms with E-state index in [0.29, 0.717) is 0 Å². The van der Waals surface area contributed by atoms with Crippen molar-refractivity contribution in [1.82, 2.24) is 0 Å². The van der Waals surface area contributed by atoms with Crippen molar-refractivity contribution in [3.05, 3.63) is 71.3 Å². The molecule has 0 aliphatic rings. The summed E-state index contributed by atoms with van der Waals surface area (Å²) in [5.41, 5.74) is 3.64. The second-order valence-electron chi connectivity index (χ2n) is 3.83. The van der Waals surface area contributed by atoms with E-state index in [9.17, 15) is 0 Å². The van der Waals surface area contributed by atoms with E-state index in [1.165, 1.54) is 11.1 Å². The van der Waals surface area contributed by atoms with Crippen molar-refractivity contribution in [2.45, 2.75) is 13.3 Å². The van der Waals surface area contributed by atoms with Crippen LogP contribution in [0.5, 0.6) is 0 Å². The largest absolute Gasteiger partial charge is 0.0931 e. The van der Waals surface area contributed by atoms with Gasteiger partial charge in [0.1, 0.15) is 0 Å². The molecule has 78 valence electrons. The van der Waals surface area contributed by atoms with Crippen molar-refractivity contribution >= 4 is 0 Å². The van der Waals surface area contributed by atoms with E-state index in [4.69, 9.17) is 0 Å². The predicted molar refractivity (Wildman–Crippen MR) is 68.2 cm³/mol. The molecule has 0 saturated heterocycles. The van der Waals surface area contributed by atoms with E-state index < -0.39 is 0 Å². The molecule has 0 heterocycles. The van der Waals surface area contributed by atoms with Crippen LogP contribution in [0.1, 0.15) is 16.7 Å². The third-order valence-electron chi connectivity index (χ3n) is 2.42. The average Bonchev–Trinajstić information content (AvgIpc) is 2.33. The lowest BCUT2D eigenvalue weighted by Crippen LogP contribution is -1.81. The second-order valence-corrected chi connectivity index (χ2v) is 3.83. The minimum Gasteiger partial charge on any atom is -0.0931 e. The summed E-state index contributed by atoms with van der Waals surface area (Å²) in [4.78, 5) is 0. The summed E-state index contributed by atoms with van der Waals surface area (Å²) in [7, 11) is 0. The van der Waals surface area contributed by atoms with Gasteiger partial charge in [-0.05, 0) is 24.6 Å². The van der Waals surface area contributed by atoms with Crippen LogP contribution in [0.2, 0.25) is 0 Å². The quantitative estimate of drug-likeness (QED) is 0.625. The fourth-order valence-corrected chi connectivity index (χ4v) is 1.48. The summed E-state index contributed by atoms with van der Waals surface area (Å²) in [5.74, 6) is 6.35. The highest BCUT2D eigenvalue weighted by Gasteiger charge is 1.88. The molecule has 0 spiro atoms. The van der Waals surface area contributed by atoms with Crippen LogP contribution in [0.15, 0.2) is 54.6 Å². The van der Waals surface area contributed by atoms with Crippen LogP contribution in [0.4, 0.5) is 0 Å². The minimum atomic E-state index is 0.815. The fourth-order valence-electron chi connectivity index (χ4n) is 1.48. The molecule has 0 aliphatic carbocycles. The van der Waals surface area contributed by atoms with Gasteiger partial charge in [0.15, 0.2) is 0 Å². The molecule has 0 atom stereocenters. The summed E-state index contributed by atoms with van der Waals surface area (Å²) in [5, 5.41) is 0. The molecule has 0 amide bonds. The molecule has 2 aromatic rings. The average molecular weight is 206 g/mol. The van der Waals surface area contributed by atoms with E-state index in [2.05, 4.69) is 43.0 Å². The highest BCUT2D eigenvalue weighted by Crippen LogP contribution is 2.03. The SMILES string of the molecule is Cc1ccc(CC#Cc2ccccc2)cc1. The molecule has 0 N–H and O–H groups in total. The normalized spacial score (nSPS) is 9.31. The van der Waals surface area contributed by atoms with Gasteiger partial charge < -0.3 is 0 Å². The molecule has 0 fully saturated rings. The lowest BCUT2D eigenvalue weighted by atomic mass is 10.1. The van der Waals surface area contributed by atoms with Gasteiger partial charge in [-0.2, -0.15) is 0 Å². The van der Waals surface area contributed by atoms with Crippen molar-refractivity contribution in [2.75, 3.05) is 0 Å². The molecule has 0 heteroatoms. The molecular formula is C16H14. The maximum absolute atomic E-state index is 3.19. The van der Waals surface area contributed by atoms with E-state index in [1.807, 2.05) is 30.3 Å². The van der Waals surface area contributed by atoms with Crippen LogP contribution >= 0.6 is 0 Å². The van der Waals surface area contributed by atoms with E-state index in [-0.39, 0.29) is 0 Å². The van der Waals surface area contributed by atoms with E-state index in [0.717, 1.165) is 12.0 Å². The smallest absolute Gasteiger partial charge is 0.0344 e. The molecule has 2 aromatic carbocycles. The first-order valence-corrected chi connectivity index (χ1v) is 5.44. The van der Waals surface area contributed by atoms with Crippen molar-refractivity contribution in [1.29, 1.82) is 0 Å². The van der Waals surface area contributed by atoms with Gasteiger partial charge in [-0.25, -0.2) is 0 Å². The Morgan fingerprint density at radius 1 is 0.875 bits per heavy atom. The van der Waals surface area contributed by atoms with Crippen LogP contribution in [0.25, 0.3) is 0 Å². The number of benzene rings is 2. The molecular weight excluding hydrogens is 192 g/mol. The Bertz CT molecular complexity index is 495. The molecule has 0 aliphatic heterocycles. The molecule has 0 nitrogen and oxygen atoms in total. The fraction of sp³-hybridized carbons (Fsp3) is 0.125. The Labute approximate surface area is 96.9 Å². The van der Waals surface area contributed by atoms with Gasteiger partial charge in [-0.15, -0.1) is 0 Å². The Morgan fingerprint density at radius 2 is 1.56 bits per heavy atom. The second kappa shape index (κ2) is 5.19. The standard InChI is InChI=1S/C16H14/c1-14-10-12-16(13-11-14)9-5-8-15-6-3-2-4-7-15/h2-4,6-7,10-13H,9H2,1H3. The summed E-state index contributed by atoms with van der Waals surface area (Å²) in [6.45, 7) is 2.10. The number of hydrogen-bond donors (Lipinski definition) is 0. The topological polar surface area (TPSA) is 0 Å². The summed E-state index contributed by atoms with van der Waals surface area (Å²) in [6, 6.07) is 18.6. The van der Waals surface area contributed by atoms with Crippen LogP contribution in [0, 0.1) is 18.8 Å². The third-order valence-corrected chi connectivity index (χ3v) is 2.42. The highest BCUT2D eigenvalue weighted by atomic mass is 13.9. The lowest BCUT2D eigenvalue weighted by molar-refractivity contribution is 1.30. The molecule has 2 rings (SSSR count). The van der Waals surface area contributed by atoms with Crippen molar-refractivity contribution < 1.29 is 0 Å². The molecule has 0 aromatic heterocycles. The van der Waals surface area contributed by atoms with Gasteiger partial charge in [0, 0.05) is 12.0 Å². The number of aryl methyl sites for hydroxylation is 1.